The Hall–Kier alpha value is -6.42. The molecule has 3 heterocycles. The summed E-state index contributed by atoms with van der Waals surface area (Å²) in [5.74, 6) is 0. The highest BCUT2D eigenvalue weighted by Crippen LogP contribution is 2.42. The summed E-state index contributed by atoms with van der Waals surface area (Å²) >= 11 is 1.88. The summed E-state index contributed by atoms with van der Waals surface area (Å²) in [4.78, 5) is 0. The van der Waals surface area contributed by atoms with Gasteiger partial charge in [-0.15, -0.1) is 11.3 Å². The lowest BCUT2D eigenvalue weighted by atomic mass is 10.0. The van der Waals surface area contributed by atoms with Crippen LogP contribution in [0.1, 0.15) is 0 Å². The molecule has 3 heteroatoms. The van der Waals surface area contributed by atoms with Crippen molar-refractivity contribution in [3.05, 3.63) is 182 Å². The van der Waals surface area contributed by atoms with E-state index >= 15 is 0 Å². The normalized spacial score (nSPS) is 11.9. The van der Waals surface area contributed by atoms with E-state index in [0.29, 0.717) is 0 Å². The van der Waals surface area contributed by atoms with E-state index in [2.05, 4.69) is 191 Å². The summed E-state index contributed by atoms with van der Waals surface area (Å²) in [6.07, 6.45) is 0. The number of para-hydroxylation sites is 2. The Bertz CT molecular complexity index is 3130. The van der Waals surface area contributed by atoms with Gasteiger partial charge in [-0.25, -0.2) is 0 Å². The van der Waals surface area contributed by atoms with Crippen LogP contribution in [-0.2, 0) is 0 Å². The number of hydrogen-bond acceptors (Lipinski definition) is 1. The summed E-state index contributed by atoms with van der Waals surface area (Å²) in [5.41, 5.74) is 12.1. The first-order valence-electron chi connectivity index (χ1n) is 17.4. The molecular formula is C48H30N2S. The summed E-state index contributed by atoms with van der Waals surface area (Å²) in [5, 5.41) is 7.70. The molecular weight excluding hydrogens is 637 g/mol. The fourth-order valence-corrected chi connectivity index (χ4v) is 9.28. The van der Waals surface area contributed by atoms with Crippen LogP contribution in [0.4, 0.5) is 0 Å². The molecule has 0 aliphatic heterocycles. The third kappa shape index (κ3) is 4.35. The molecule has 11 aromatic rings. The zero-order chi connectivity index (χ0) is 33.5. The van der Waals surface area contributed by atoms with Crippen molar-refractivity contribution in [3.63, 3.8) is 0 Å². The van der Waals surface area contributed by atoms with Crippen LogP contribution in [0.2, 0.25) is 0 Å². The van der Waals surface area contributed by atoms with Crippen molar-refractivity contribution in [2.75, 3.05) is 0 Å². The molecule has 2 nitrogen and oxygen atoms in total. The van der Waals surface area contributed by atoms with Crippen LogP contribution in [0.25, 0.3) is 97.4 Å². The van der Waals surface area contributed by atoms with E-state index in [0.717, 1.165) is 5.69 Å². The first-order valence-corrected chi connectivity index (χ1v) is 18.2. The van der Waals surface area contributed by atoms with Crippen LogP contribution in [0.3, 0.4) is 0 Å². The predicted molar refractivity (Wildman–Crippen MR) is 219 cm³/mol. The van der Waals surface area contributed by atoms with Crippen molar-refractivity contribution in [3.8, 4) is 33.6 Å². The molecule has 0 unspecified atom stereocenters. The number of nitrogens with zero attached hydrogens (tertiary/aromatic N) is 2. The third-order valence-corrected chi connectivity index (χ3v) is 11.6. The van der Waals surface area contributed by atoms with Gasteiger partial charge in [-0.1, -0.05) is 109 Å². The van der Waals surface area contributed by atoms with Crippen molar-refractivity contribution in [1.82, 2.24) is 9.13 Å². The lowest BCUT2D eigenvalue weighted by molar-refractivity contribution is 1.18. The van der Waals surface area contributed by atoms with Gasteiger partial charge in [-0.2, -0.15) is 0 Å². The van der Waals surface area contributed by atoms with Crippen LogP contribution in [0, 0.1) is 0 Å². The highest BCUT2D eigenvalue weighted by molar-refractivity contribution is 7.25. The lowest BCUT2D eigenvalue weighted by Crippen LogP contribution is -1.94. The molecule has 0 amide bonds. The van der Waals surface area contributed by atoms with Crippen molar-refractivity contribution < 1.29 is 0 Å². The maximum Gasteiger partial charge on any atom is 0.0548 e. The molecule has 0 fully saturated rings. The van der Waals surface area contributed by atoms with Crippen molar-refractivity contribution in [2.45, 2.75) is 0 Å². The van der Waals surface area contributed by atoms with E-state index in [9.17, 15) is 0 Å². The molecule has 0 radical (unpaired) electrons. The number of aromatic nitrogens is 2. The molecule has 0 bridgehead atoms. The molecule has 238 valence electrons. The van der Waals surface area contributed by atoms with Crippen molar-refractivity contribution in [1.29, 1.82) is 0 Å². The summed E-state index contributed by atoms with van der Waals surface area (Å²) in [6, 6.07) is 66.7. The standard InChI is InChI=1S/C48H30N2S/c1-3-12-31(13-4-1)32-14-11-17-36(26-32)50-45-25-23-34(28-40(45)41-30-48-42(29-46(41)50)38-19-8-10-21-47(38)51-48)33-22-24-44-39(27-33)37-18-7-9-20-43(37)49(44)35-15-5-2-6-16-35/h1-30H. The maximum atomic E-state index is 2.46. The van der Waals surface area contributed by atoms with Gasteiger partial charge in [0.15, 0.2) is 0 Å². The fourth-order valence-electron chi connectivity index (χ4n) is 8.16. The van der Waals surface area contributed by atoms with Gasteiger partial charge in [0, 0.05) is 53.1 Å². The summed E-state index contributed by atoms with van der Waals surface area (Å²) in [7, 11) is 0. The van der Waals surface area contributed by atoms with E-state index in [4.69, 9.17) is 0 Å². The second-order valence-corrected chi connectivity index (χ2v) is 14.5. The Morgan fingerprint density at radius 3 is 1.61 bits per heavy atom. The highest BCUT2D eigenvalue weighted by Gasteiger charge is 2.18. The third-order valence-electron chi connectivity index (χ3n) is 10.5. The lowest BCUT2D eigenvalue weighted by Gasteiger charge is -2.11. The minimum Gasteiger partial charge on any atom is -0.309 e. The average molecular weight is 667 g/mol. The van der Waals surface area contributed by atoms with Gasteiger partial charge in [0.1, 0.15) is 0 Å². The van der Waals surface area contributed by atoms with Crippen LogP contribution in [0.15, 0.2) is 182 Å². The van der Waals surface area contributed by atoms with Crippen molar-refractivity contribution >= 4 is 75.1 Å². The highest BCUT2D eigenvalue weighted by atomic mass is 32.1. The monoisotopic (exact) mass is 666 g/mol. The first kappa shape index (κ1) is 28.4. The molecule has 3 aromatic heterocycles. The van der Waals surface area contributed by atoms with Crippen molar-refractivity contribution in [2.24, 2.45) is 0 Å². The first-order chi connectivity index (χ1) is 25.3. The molecule has 11 rings (SSSR count). The second-order valence-electron chi connectivity index (χ2n) is 13.4. The average Bonchev–Trinajstić information content (AvgIpc) is 3.84. The number of fused-ring (bicyclic) bond motifs is 9. The topological polar surface area (TPSA) is 9.86 Å². The van der Waals surface area contributed by atoms with E-state index in [1.165, 1.54) is 91.7 Å². The molecule has 0 aliphatic carbocycles. The molecule has 0 spiro atoms. The minimum atomic E-state index is 1.16. The quantitative estimate of drug-likeness (QED) is 0.177. The van der Waals surface area contributed by atoms with Gasteiger partial charge in [0.25, 0.3) is 0 Å². The Labute approximate surface area is 298 Å². The summed E-state index contributed by atoms with van der Waals surface area (Å²) < 4.78 is 7.49. The fraction of sp³-hybridized carbons (Fsp3) is 0. The Kier molecular flexibility index (Phi) is 6.16. The Morgan fingerprint density at radius 1 is 0.275 bits per heavy atom. The van der Waals surface area contributed by atoms with E-state index in [-0.39, 0.29) is 0 Å². The molecule has 0 N–H and O–H groups in total. The number of benzene rings is 8. The van der Waals surface area contributed by atoms with Gasteiger partial charge < -0.3 is 9.13 Å². The molecule has 0 aliphatic rings. The predicted octanol–water partition coefficient (Wildman–Crippen LogP) is 13.6. The SMILES string of the molecule is c1ccc(-c2cccc(-n3c4ccc(-c5ccc6c(c5)c5ccccc5n6-c5ccccc5)cc4c4cc5sc6ccccc6c5cc43)c2)cc1. The van der Waals surface area contributed by atoms with E-state index in [1.54, 1.807) is 0 Å². The molecule has 8 aromatic carbocycles. The number of hydrogen-bond donors (Lipinski definition) is 0. The van der Waals surface area contributed by atoms with Crippen LogP contribution in [-0.4, -0.2) is 9.13 Å². The van der Waals surface area contributed by atoms with Gasteiger partial charge in [-0.3, -0.25) is 0 Å². The van der Waals surface area contributed by atoms with Crippen LogP contribution >= 0.6 is 11.3 Å². The summed E-state index contributed by atoms with van der Waals surface area (Å²) in [6.45, 7) is 0. The number of thiophene rings is 1. The zero-order valence-electron chi connectivity index (χ0n) is 27.6. The Morgan fingerprint density at radius 2 is 0.824 bits per heavy atom. The zero-order valence-corrected chi connectivity index (χ0v) is 28.4. The second kappa shape index (κ2) is 11.0. The largest absolute Gasteiger partial charge is 0.309 e. The van der Waals surface area contributed by atoms with Gasteiger partial charge in [0.05, 0.1) is 22.1 Å². The van der Waals surface area contributed by atoms with E-state index in [1.807, 2.05) is 11.3 Å². The molecule has 0 saturated heterocycles. The van der Waals surface area contributed by atoms with E-state index < -0.39 is 0 Å². The van der Waals surface area contributed by atoms with Crippen LogP contribution in [0.5, 0.6) is 0 Å². The number of rotatable bonds is 4. The maximum absolute atomic E-state index is 2.46. The van der Waals surface area contributed by atoms with Gasteiger partial charge in [0.2, 0.25) is 0 Å². The smallest absolute Gasteiger partial charge is 0.0548 e. The van der Waals surface area contributed by atoms with Gasteiger partial charge in [-0.05, 0) is 95.1 Å². The van der Waals surface area contributed by atoms with Gasteiger partial charge >= 0.3 is 0 Å². The molecule has 51 heavy (non-hydrogen) atoms. The van der Waals surface area contributed by atoms with Crippen LogP contribution < -0.4 is 0 Å². The Balaban J connectivity index is 1.16. The minimum absolute atomic E-state index is 1.16. The molecule has 0 saturated carbocycles. The molecule has 0 atom stereocenters.